The van der Waals surface area contributed by atoms with Crippen LogP contribution in [0.2, 0.25) is 0 Å². The van der Waals surface area contributed by atoms with Crippen LogP contribution in [0.5, 0.6) is 0 Å². The summed E-state index contributed by atoms with van der Waals surface area (Å²) < 4.78 is 2.16. The number of thiophene rings is 1. The van der Waals surface area contributed by atoms with Crippen LogP contribution in [0.15, 0.2) is 11.4 Å². The summed E-state index contributed by atoms with van der Waals surface area (Å²) >= 11 is 1.68. The maximum Gasteiger partial charge on any atom is 0.317 e. The number of urea groups is 1. The van der Waals surface area contributed by atoms with Crippen molar-refractivity contribution in [1.82, 2.24) is 25.0 Å². The van der Waals surface area contributed by atoms with Gasteiger partial charge in [-0.05, 0) is 36.8 Å². The molecule has 0 aliphatic carbocycles. The fourth-order valence-corrected chi connectivity index (χ4v) is 3.78. The van der Waals surface area contributed by atoms with Crippen molar-refractivity contribution in [2.45, 2.75) is 52.2 Å². The van der Waals surface area contributed by atoms with Crippen LogP contribution in [0.3, 0.4) is 0 Å². The molecule has 0 spiro atoms. The van der Waals surface area contributed by atoms with Gasteiger partial charge >= 0.3 is 6.03 Å². The Bertz CT molecular complexity index is 678. The van der Waals surface area contributed by atoms with Crippen LogP contribution in [-0.2, 0) is 26.1 Å². The van der Waals surface area contributed by atoms with E-state index in [1.807, 2.05) is 7.05 Å². The number of rotatable bonds is 4. The minimum atomic E-state index is -0.0798. The molecule has 0 aromatic carbocycles. The smallest absolute Gasteiger partial charge is 0.317 e. The van der Waals surface area contributed by atoms with Crippen molar-refractivity contribution in [3.05, 3.63) is 33.5 Å². The predicted octanol–water partition coefficient (Wildman–Crippen LogP) is 2.72. The Morgan fingerprint density at radius 2 is 2.26 bits per heavy atom. The molecule has 2 aromatic rings. The fourth-order valence-electron chi connectivity index (χ4n) is 2.82. The van der Waals surface area contributed by atoms with Gasteiger partial charge in [0.2, 0.25) is 0 Å². The minimum Gasteiger partial charge on any atom is -0.331 e. The number of nitrogens with zero attached hydrogens (tertiary/aromatic N) is 4. The van der Waals surface area contributed by atoms with E-state index >= 15 is 0 Å². The molecule has 0 unspecified atom stereocenters. The lowest BCUT2D eigenvalue weighted by atomic mass is 10.2. The van der Waals surface area contributed by atoms with Crippen LogP contribution in [-0.4, -0.2) is 32.7 Å². The molecule has 0 bridgehead atoms. The second kappa shape index (κ2) is 7.12. The van der Waals surface area contributed by atoms with Crippen LogP contribution in [0.4, 0.5) is 4.79 Å². The summed E-state index contributed by atoms with van der Waals surface area (Å²) in [7, 11) is 1.82. The quantitative estimate of drug-likeness (QED) is 0.936. The van der Waals surface area contributed by atoms with Crippen LogP contribution in [0, 0.1) is 6.92 Å². The van der Waals surface area contributed by atoms with E-state index < -0.39 is 0 Å². The number of nitrogens with one attached hydrogen (secondary N) is 1. The van der Waals surface area contributed by atoms with E-state index in [9.17, 15) is 4.79 Å². The number of amides is 2. The predicted molar refractivity (Wildman–Crippen MR) is 90.3 cm³/mol. The molecule has 0 fully saturated rings. The average Bonchev–Trinajstić information content (AvgIpc) is 3.03. The van der Waals surface area contributed by atoms with Gasteiger partial charge in [0.25, 0.3) is 0 Å². The first kappa shape index (κ1) is 16.0. The van der Waals surface area contributed by atoms with Gasteiger partial charge < -0.3 is 14.8 Å². The number of hydrogen-bond donors (Lipinski definition) is 1. The van der Waals surface area contributed by atoms with Gasteiger partial charge in [0.15, 0.2) is 5.82 Å². The molecule has 0 atom stereocenters. The first-order valence-corrected chi connectivity index (χ1v) is 8.96. The topological polar surface area (TPSA) is 63.1 Å². The molecular weight excluding hydrogens is 310 g/mol. The zero-order valence-electron chi connectivity index (χ0n) is 13.7. The Balaban J connectivity index is 1.57. The Labute approximate surface area is 140 Å². The van der Waals surface area contributed by atoms with Crippen molar-refractivity contribution in [3.63, 3.8) is 0 Å². The minimum absolute atomic E-state index is 0.0798. The lowest BCUT2D eigenvalue weighted by Gasteiger charge is -2.17. The summed E-state index contributed by atoms with van der Waals surface area (Å²) in [5, 5.41) is 13.5. The van der Waals surface area contributed by atoms with E-state index in [1.54, 1.807) is 16.2 Å². The maximum absolute atomic E-state index is 12.3. The van der Waals surface area contributed by atoms with E-state index in [0.29, 0.717) is 13.1 Å². The molecule has 124 valence electrons. The molecule has 2 amide bonds. The molecule has 1 aliphatic heterocycles. The van der Waals surface area contributed by atoms with Gasteiger partial charge in [-0.15, -0.1) is 21.5 Å². The van der Waals surface area contributed by atoms with Gasteiger partial charge in [-0.2, -0.15) is 0 Å². The van der Waals surface area contributed by atoms with Crippen LogP contribution < -0.4 is 5.32 Å². The standard InChI is InChI=1S/C16H23N5OS/c1-12-7-9-23-13(12)11-20(2)16(22)17-10-15-19-18-14-6-4-3-5-8-21(14)15/h7,9H,3-6,8,10-11H2,1-2H3,(H,17,22). The molecule has 1 aliphatic rings. The molecule has 1 N–H and O–H groups in total. The van der Waals surface area contributed by atoms with Gasteiger partial charge in [-0.3, -0.25) is 0 Å². The SMILES string of the molecule is Cc1ccsc1CN(C)C(=O)NCc1nnc2n1CCCCC2. The molecule has 0 radical (unpaired) electrons. The second-order valence-electron chi connectivity index (χ2n) is 6.04. The zero-order chi connectivity index (χ0) is 16.2. The van der Waals surface area contributed by atoms with E-state index in [1.165, 1.54) is 23.3 Å². The molecule has 3 rings (SSSR count). The molecule has 7 heteroatoms. The first-order valence-electron chi connectivity index (χ1n) is 8.08. The van der Waals surface area contributed by atoms with Crippen molar-refractivity contribution >= 4 is 17.4 Å². The Kier molecular flexibility index (Phi) is 4.95. The van der Waals surface area contributed by atoms with Crippen molar-refractivity contribution in [1.29, 1.82) is 0 Å². The molecule has 3 heterocycles. The number of aryl methyl sites for hydroxylation is 2. The number of carbonyl (C=O) groups is 1. The van der Waals surface area contributed by atoms with Gasteiger partial charge in [-0.1, -0.05) is 6.42 Å². The highest BCUT2D eigenvalue weighted by atomic mass is 32.1. The number of aromatic nitrogens is 3. The van der Waals surface area contributed by atoms with Crippen molar-refractivity contribution in [2.75, 3.05) is 7.05 Å². The number of hydrogen-bond acceptors (Lipinski definition) is 4. The average molecular weight is 333 g/mol. The summed E-state index contributed by atoms with van der Waals surface area (Å²) in [6.07, 6.45) is 4.55. The third kappa shape index (κ3) is 3.72. The summed E-state index contributed by atoms with van der Waals surface area (Å²) in [4.78, 5) is 15.2. The molecule has 0 saturated heterocycles. The summed E-state index contributed by atoms with van der Waals surface area (Å²) in [6.45, 7) is 4.09. The Morgan fingerprint density at radius 3 is 3.04 bits per heavy atom. The highest BCUT2D eigenvalue weighted by molar-refractivity contribution is 7.10. The van der Waals surface area contributed by atoms with Crippen molar-refractivity contribution in [2.24, 2.45) is 0 Å². The molecular formula is C16H23N5OS. The van der Waals surface area contributed by atoms with Crippen molar-refractivity contribution < 1.29 is 4.79 Å². The lowest BCUT2D eigenvalue weighted by molar-refractivity contribution is 0.206. The van der Waals surface area contributed by atoms with E-state index in [0.717, 1.165) is 31.0 Å². The second-order valence-corrected chi connectivity index (χ2v) is 7.04. The van der Waals surface area contributed by atoms with Crippen LogP contribution in [0.25, 0.3) is 0 Å². The fraction of sp³-hybridized carbons (Fsp3) is 0.562. The van der Waals surface area contributed by atoms with E-state index in [-0.39, 0.29) is 6.03 Å². The molecule has 0 saturated carbocycles. The van der Waals surface area contributed by atoms with E-state index in [2.05, 4.69) is 38.5 Å². The molecule has 23 heavy (non-hydrogen) atoms. The largest absolute Gasteiger partial charge is 0.331 e. The van der Waals surface area contributed by atoms with Gasteiger partial charge in [0.05, 0.1) is 13.1 Å². The third-order valence-electron chi connectivity index (χ3n) is 4.28. The lowest BCUT2D eigenvalue weighted by Crippen LogP contribution is -2.37. The van der Waals surface area contributed by atoms with Crippen LogP contribution in [0.1, 0.15) is 41.4 Å². The highest BCUT2D eigenvalue weighted by Crippen LogP contribution is 2.17. The summed E-state index contributed by atoms with van der Waals surface area (Å²) in [5.41, 5.74) is 1.23. The van der Waals surface area contributed by atoms with E-state index in [4.69, 9.17) is 0 Å². The number of fused-ring (bicyclic) bond motifs is 1. The Morgan fingerprint density at radius 1 is 1.39 bits per heavy atom. The normalized spacial score (nSPS) is 14.2. The summed E-state index contributed by atoms with van der Waals surface area (Å²) in [6, 6.07) is 2.00. The summed E-state index contributed by atoms with van der Waals surface area (Å²) in [5.74, 6) is 1.91. The number of carbonyl (C=O) groups excluding carboxylic acids is 1. The molecule has 2 aromatic heterocycles. The van der Waals surface area contributed by atoms with Gasteiger partial charge in [0, 0.05) is 24.9 Å². The monoisotopic (exact) mass is 333 g/mol. The highest BCUT2D eigenvalue weighted by Gasteiger charge is 2.16. The third-order valence-corrected chi connectivity index (χ3v) is 5.29. The molecule has 6 nitrogen and oxygen atoms in total. The van der Waals surface area contributed by atoms with Gasteiger partial charge in [0.1, 0.15) is 5.82 Å². The van der Waals surface area contributed by atoms with Gasteiger partial charge in [-0.25, -0.2) is 4.79 Å². The maximum atomic E-state index is 12.3. The zero-order valence-corrected chi connectivity index (χ0v) is 14.5. The van der Waals surface area contributed by atoms with Crippen LogP contribution >= 0.6 is 11.3 Å². The first-order chi connectivity index (χ1) is 11.1. The van der Waals surface area contributed by atoms with Crippen molar-refractivity contribution in [3.8, 4) is 0 Å². The Hall–Kier alpha value is -1.89.